The third-order valence-electron chi connectivity index (χ3n) is 7.89. The molecule has 3 nitrogen and oxygen atoms in total. The number of aliphatic hydroxyl groups is 1. The minimum Gasteiger partial charge on any atom is -0.382 e. The van der Waals surface area contributed by atoms with Crippen molar-refractivity contribution >= 4 is 23.2 Å². The Labute approximate surface area is 153 Å². The molecule has 6 atom stereocenters. The third-order valence-corrected chi connectivity index (χ3v) is 8.22. The molecule has 0 aliphatic heterocycles. The van der Waals surface area contributed by atoms with Crippen molar-refractivity contribution in [2.45, 2.75) is 52.1 Å². The average Bonchev–Trinajstić information content (AvgIpc) is 2.83. The first-order chi connectivity index (χ1) is 11.6. The Kier molecular flexibility index (Phi) is 3.56. The molecule has 0 heterocycles. The smallest absolute Gasteiger partial charge is 0.178 e. The molecule has 0 saturated heterocycles. The Morgan fingerprint density at radius 2 is 1.92 bits per heavy atom. The summed E-state index contributed by atoms with van der Waals surface area (Å²) in [5, 5.41) is 11.8. The first-order valence-electron chi connectivity index (χ1n) is 9.20. The average molecular weight is 361 g/mol. The van der Waals surface area contributed by atoms with Crippen molar-refractivity contribution in [1.82, 2.24) is 0 Å². The van der Waals surface area contributed by atoms with Crippen LogP contribution in [-0.4, -0.2) is 22.3 Å². The molecular formula is C21H25ClO3. The number of allylic oxidation sites excluding steroid dienone is 6. The molecule has 0 unspecified atom stereocenters. The van der Waals surface area contributed by atoms with Crippen LogP contribution in [0.4, 0.5) is 0 Å². The lowest BCUT2D eigenvalue weighted by atomic mass is 9.49. The second kappa shape index (κ2) is 5.17. The highest BCUT2D eigenvalue weighted by atomic mass is 35.5. The number of hydrogen-bond acceptors (Lipinski definition) is 3. The molecule has 0 radical (unpaired) electrons. The summed E-state index contributed by atoms with van der Waals surface area (Å²) in [6.45, 7) is 5.77. The van der Waals surface area contributed by atoms with Crippen LogP contribution < -0.4 is 0 Å². The molecule has 2 fully saturated rings. The van der Waals surface area contributed by atoms with Gasteiger partial charge < -0.3 is 5.11 Å². The fourth-order valence-corrected chi connectivity index (χ4v) is 6.73. The molecule has 0 amide bonds. The Morgan fingerprint density at radius 1 is 1.24 bits per heavy atom. The summed E-state index contributed by atoms with van der Waals surface area (Å²) in [6.07, 6.45) is 10.6. The van der Waals surface area contributed by atoms with Gasteiger partial charge in [0.25, 0.3) is 0 Å². The van der Waals surface area contributed by atoms with E-state index in [1.165, 1.54) is 6.92 Å². The summed E-state index contributed by atoms with van der Waals surface area (Å²) in [7, 11) is 0. The minimum absolute atomic E-state index is 0.00931. The van der Waals surface area contributed by atoms with Crippen LogP contribution in [-0.2, 0) is 9.59 Å². The van der Waals surface area contributed by atoms with Gasteiger partial charge in [0.2, 0.25) is 0 Å². The van der Waals surface area contributed by atoms with Gasteiger partial charge >= 0.3 is 0 Å². The Hall–Kier alpha value is -1.19. The van der Waals surface area contributed by atoms with E-state index in [-0.39, 0.29) is 28.8 Å². The van der Waals surface area contributed by atoms with Crippen LogP contribution in [0.1, 0.15) is 46.5 Å². The van der Waals surface area contributed by atoms with E-state index in [1.807, 2.05) is 6.08 Å². The van der Waals surface area contributed by atoms with Gasteiger partial charge in [-0.1, -0.05) is 37.6 Å². The van der Waals surface area contributed by atoms with Crippen LogP contribution in [0.15, 0.2) is 34.9 Å². The van der Waals surface area contributed by atoms with Crippen molar-refractivity contribution in [2.75, 3.05) is 0 Å². The predicted octanol–water partition coefficient (Wildman–Crippen LogP) is 3.96. The van der Waals surface area contributed by atoms with E-state index in [1.54, 1.807) is 12.2 Å². The zero-order chi connectivity index (χ0) is 18.2. The maximum Gasteiger partial charge on any atom is 0.178 e. The monoisotopic (exact) mass is 360 g/mol. The first kappa shape index (κ1) is 17.2. The maximum absolute atomic E-state index is 12.2. The van der Waals surface area contributed by atoms with Crippen LogP contribution in [0.5, 0.6) is 0 Å². The molecule has 0 bridgehead atoms. The summed E-state index contributed by atoms with van der Waals surface area (Å²) >= 11 is 6.61. The number of carbonyl (C=O) groups excluding carboxylic acids is 2. The molecule has 134 valence electrons. The number of hydrogen-bond donors (Lipinski definition) is 1. The van der Waals surface area contributed by atoms with Crippen LogP contribution in [0.3, 0.4) is 0 Å². The molecule has 4 rings (SSSR count). The highest BCUT2D eigenvalue weighted by Crippen LogP contribution is 2.66. The summed E-state index contributed by atoms with van der Waals surface area (Å²) in [5.74, 6) is 0.678. The first-order valence-corrected chi connectivity index (χ1v) is 9.58. The van der Waals surface area contributed by atoms with Crippen molar-refractivity contribution in [3.8, 4) is 0 Å². The van der Waals surface area contributed by atoms with Crippen molar-refractivity contribution in [3.63, 3.8) is 0 Å². The Bertz CT molecular complexity index is 763. The third kappa shape index (κ3) is 2.03. The van der Waals surface area contributed by atoms with Gasteiger partial charge in [0.1, 0.15) is 5.60 Å². The highest BCUT2D eigenvalue weighted by molar-refractivity contribution is 6.32. The molecule has 2 saturated carbocycles. The molecule has 0 aromatic carbocycles. The number of carbonyl (C=O) groups is 2. The summed E-state index contributed by atoms with van der Waals surface area (Å²) in [6, 6.07) is 0. The normalized spacial score (nSPS) is 48.2. The lowest BCUT2D eigenvalue weighted by Gasteiger charge is -2.56. The second-order valence-electron chi connectivity index (χ2n) is 8.79. The van der Waals surface area contributed by atoms with E-state index in [4.69, 9.17) is 11.6 Å². The number of ketones is 2. The van der Waals surface area contributed by atoms with Gasteiger partial charge in [-0.05, 0) is 68.1 Å². The fourth-order valence-electron chi connectivity index (χ4n) is 6.32. The van der Waals surface area contributed by atoms with Crippen molar-refractivity contribution in [2.24, 2.45) is 28.6 Å². The van der Waals surface area contributed by atoms with Gasteiger partial charge in [0.05, 0.1) is 0 Å². The molecule has 4 aliphatic rings. The quantitative estimate of drug-likeness (QED) is 0.770. The number of fused-ring (bicyclic) bond motifs is 5. The number of Topliss-reactive ketones (excluding diaryl/α,β-unsaturated/α-hetero) is 1. The van der Waals surface area contributed by atoms with Gasteiger partial charge in [-0.3, -0.25) is 9.59 Å². The standard InChI is InChI=1S/C21H25ClO3/c1-12(23)21(25)9-6-16-14-11-18(22)17-10-13(24)4-7-19(17,2)15(14)5-8-20(16,21)3/h4,7,10-11,14-16,25H,5-6,8-9H2,1-3H3/t14-,15+,16+,19-,20-,21+/m0/s1. The maximum atomic E-state index is 12.2. The molecule has 25 heavy (non-hydrogen) atoms. The van der Waals surface area contributed by atoms with Gasteiger partial charge in [-0.25, -0.2) is 0 Å². The lowest BCUT2D eigenvalue weighted by Crippen LogP contribution is -2.56. The van der Waals surface area contributed by atoms with Crippen LogP contribution in [0, 0.1) is 28.6 Å². The van der Waals surface area contributed by atoms with Crippen LogP contribution in [0.2, 0.25) is 0 Å². The Morgan fingerprint density at radius 3 is 2.60 bits per heavy atom. The van der Waals surface area contributed by atoms with Crippen LogP contribution in [0.25, 0.3) is 0 Å². The van der Waals surface area contributed by atoms with E-state index in [0.717, 1.165) is 24.8 Å². The molecule has 1 N–H and O–H groups in total. The second-order valence-corrected chi connectivity index (χ2v) is 9.20. The largest absolute Gasteiger partial charge is 0.382 e. The number of halogens is 1. The van der Waals surface area contributed by atoms with Gasteiger partial charge in [0.15, 0.2) is 11.6 Å². The Balaban J connectivity index is 1.81. The van der Waals surface area contributed by atoms with E-state index in [9.17, 15) is 14.7 Å². The molecule has 4 heteroatoms. The highest BCUT2D eigenvalue weighted by Gasteiger charge is 2.65. The SMILES string of the molecule is CC(=O)[C@]1(O)CC[C@@H]2[C@H]3C=C(Cl)C4=CC(=O)C=C[C@@]4(C)[C@@H]3CC[C@@]21C. The predicted molar refractivity (Wildman–Crippen MR) is 96.9 cm³/mol. The van der Waals surface area contributed by atoms with Crippen molar-refractivity contribution in [1.29, 1.82) is 0 Å². The lowest BCUT2D eigenvalue weighted by molar-refractivity contribution is -0.155. The molecular weight excluding hydrogens is 336 g/mol. The molecule has 4 aliphatic carbocycles. The van der Waals surface area contributed by atoms with E-state index in [0.29, 0.717) is 17.4 Å². The van der Waals surface area contributed by atoms with Gasteiger partial charge in [-0.15, -0.1) is 0 Å². The summed E-state index contributed by atoms with van der Waals surface area (Å²) < 4.78 is 0. The summed E-state index contributed by atoms with van der Waals surface area (Å²) in [5.41, 5.74) is -0.952. The van der Waals surface area contributed by atoms with E-state index < -0.39 is 11.0 Å². The minimum atomic E-state index is -1.22. The number of rotatable bonds is 1. The fraction of sp³-hybridized carbons (Fsp3) is 0.619. The van der Waals surface area contributed by atoms with Crippen LogP contribution >= 0.6 is 11.6 Å². The molecule has 0 aromatic rings. The zero-order valence-electron chi connectivity index (χ0n) is 15.0. The molecule has 0 aromatic heterocycles. The summed E-state index contributed by atoms with van der Waals surface area (Å²) in [4.78, 5) is 24.1. The topological polar surface area (TPSA) is 54.4 Å². The van der Waals surface area contributed by atoms with Crippen molar-refractivity contribution < 1.29 is 14.7 Å². The van der Waals surface area contributed by atoms with E-state index >= 15 is 0 Å². The van der Waals surface area contributed by atoms with E-state index in [2.05, 4.69) is 19.9 Å². The van der Waals surface area contributed by atoms with Crippen molar-refractivity contribution in [3.05, 3.63) is 34.9 Å². The van der Waals surface area contributed by atoms with Gasteiger partial charge in [0, 0.05) is 15.9 Å². The zero-order valence-corrected chi connectivity index (χ0v) is 15.8. The molecule has 0 spiro atoms. The van der Waals surface area contributed by atoms with Gasteiger partial charge in [-0.2, -0.15) is 0 Å².